The van der Waals surface area contributed by atoms with Crippen LogP contribution in [-0.2, 0) is 6.42 Å². The van der Waals surface area contributed by atoms with Gasteiger partial charge in [-0.25, -0.2) is 4.98 Å². The fraction of sp³-hybridized carbons (Fsp3) is 0.231. The molecule has 0 bridgehead atoms. The van der Waals surface area contributed by atoms with E-state index in [0.29, 0.717) is 5.82 Å². The molecule has 0 radical (unpaired) electrons. The van der Waals surface area contributed by atoms with Gasteiger partial charge in [0.2, 0.25) is 0 Å². The van der Waals surface area contributed by atoms with Crippen molar-refractivity contribution >= 4 is 45.0 Å². The number of hydrogen-bond acceptors (Lipinski definition) is 7. The van der Waals surface area contributed by atoms with E-state index < -0.39 is 0 Å². The largest absolute Gasteiger partial charge is 0.382 e. The number of anilines is 2. The first-order valence-corrected chi connectivity index (χ1v) is 8.76. The van der Waals surface area contributed by atoms with Crippen molar-refractivity contribution in [3.05, 3.63) is 33.5 Å². The van der Waals surface area contributed by atoms with Crippen molar-refractivity contribution in [3.63, 3.8) is 0 Å². The summed E-state index contributed by atoms with van der Waals surface area (Å²) in [6.07, 6.45) is 0.998. The molecule has 0 atom stereocenters. The second-order valence-electron chi connectivity index (χ2n) is 4.37. The van der Waals surface area contributed by atoms with Crippen LogP contribution in [0.5, 0.6) is 0 Å². The molecule has 3 aromatic heterocycles. The molecule has 104 valence electrons. The van der Waals surface area contributed by atoms with Gasteiger partial charge in [-0.15, -0.1) is 11.3 Å². The maximum atomic E-state index is 5.98. The van der Waals surface area contributed by atoms with Crippen molar-refractivity contribution in [2.45, 2.75) is 13.3 Å². The molecule has 0 amide bonds. The fourth-order valence-corrected chi connectivity index (χ4v) is 4.22. The average Bonchev–Trinajstić information content (AvgIpc) is 3.12. The van der Waals surface area contributed by atoms with E-state index in [4.69, 9.17) is 5.73 Å². The molecule has 0 saturated heterocycles. The van der Waals surface area contributed by atoms with Crippen molar-refractivity contribution in [2.75, 3.05) is 17.6 Å². The van der Waals surface area contributed by atoms with Gasteiger partial charge in [0.15, 0.2) is 0 Å². The minimum absolute atomic E-state index is 0.558. The van der Waals surface area contributed by atoms with E-state index in [2.05, 4.69) is 31.5 Å². The predicted molar refractivity (Wildman–Crippen MR) is 88.9 cm³/mol. The quantitative estimate of drug-likeness (QED) is 0.748. The highest BCUT2D eigenvalue weighted by Gasteiger charge is 2.16. The third-order valence-electron chi connectivity index (χ3n) is 2.83. The van der Waals surface area contributed by atoms with Crippen molar-refractivity contribution < 1.29 is 0 Å². The molecule has 3 heterocycles. The van der Waals surface area contributed by atoms with E-state index in [1.54, 1.807) is 22.7 Å². The molecule has 7 heteroatoms. The van der Waals surface area contributed by atoms with Crippen molar-refractivity contribution in [2.24, 2.45) is 0 Å². The van der Waals surface area contributed by atoms with Crippen LogP contribution >= 0.6 is 34.2 Å². The molecular weight excluding hydrogens is 308 g/mol. The first-order chi connectivity index (χ1) is 9.74. The molecule has 0 aliphatic heterocycles. The lowest BCUT2D eigenvalue weighted by Gasteiger charge is -2.04. The first-order valence-electron chi connectivity index (χ1n) is 6.16. The van der Waals surface area contributed by atoms with E-state index in [1.165, 1.54) is 17.1 Å². The fourth-order valence-electron chi connectivity index (χ4n) is 1.85. The lowest BCUT2D eigenvalue weighted by Crippen LogP contribution is -2.04. The first kappa shape index (κ1) is 13.5. The monoisotopic (exact) mass is 322 g/mol. The van der Waals surface area contributed by atoms with Gasteiger partial charge in [-0.1, -0.05) is 0 Å². The Morgan fingerprint density at radius 2 is 2.25 bits per heavy atom. The maximum absolute atomic E-state index is 5.98. The van der Waals surface area contributed by atoms with Gasteiger partial charge < -0.3 is 11.1 Å². The molecule has 3 N–H and O–H groups in total. The van der Waals surface area contributed by atoms with Gasteiger partial charge in [0.05, 0.1) is 5.56 Å². The van der Waals surface area contributed by atoms with Gasteiger partial charge in [-0.3, -0.25) is 0 Å². The van der Waals surface area contributed by atoms with Crippen LogP contribution in [0.25, 0.3) is 10.6 Å². The van der Waals surface area contributed by atoms with Gasteiger partial charge in [0.25, 0.3) is 0 Å². The summed E-state index contributed by atoms with van der Waals surface area (Å²) in [5.74, 6) is 0.558. The predicted octanol–water partition coefficient (Wildman–Crippen LogP) is 3.87. The molecule has 0 spiro atoms. The third kappa shape index (κ3) is 2.84. The molecule has 4 nitrogen and oxygen atoms in total. The molecule has 3 aromatic rings. The van der Waals surface area contributed by atoms with Gasteiger partial charge in [-0.05, 0) is 47.3 Å². The topological polar surface area (TPSA) is 63.8 Å². The zero-order chi connectivity index (χ0) is 13.9. The summed E-state index contributed by atoms with van der Waals surface area (Å²) in [6.45, 7) is 2.86. The molecule has 0 saturated carbocycles. The Balaban J connectivity index is 1.74. The van der Waals surface area contributed by atoms with Crippen molar-refractivity contribution in [3.8, 4) is 10.6 Å². The third-order valence-corrected chi connectivity index (χ3v) is 5.36. The SMILES string of the molecule is Cc1csc(-c2c(N)nsc2NCCc2ccsc2)n1. The summed E-state index contributed by atoms with van der Waals surface area (Å²) in [5, 5.41) is 11.7. The number of aromatic nitrogens is 2. The Morgan fingerprint density at radius 3 is 2.95 bits per heavy atom. The summed E-state index contributed by atoms with van der Waals surface area (Å²) in [6, 6.07) is 2.15. The zero-order valence-electron chi connectivity index (χ0n) is 10.9. The van der Waals surface area contributed by atoms with E-state index in [1.807, 2.05) is 12.3 Å². The number of nitrogens with zero attached hydrogens (tertiary/aromatic N) is 2. The standard InChI is InChI=1S/C13H14N4S3/c1-8-6-19-13(16-8)10-11(14)17-20-12(10)15-4-2-9-3-5-18-7-9/h3,5-7,15H,2,4H2,1H3,(H2,14,17). The van der Waals surface area contributed by atoms with Crippen LogP contribution in [0.1, 0.15) is 11.3 Å². The highest BCUT2D eigenvalue weighted by atomic mass is 32.1. The summed E-state index contributed by atoms with van der Waals surface area (Å²) in [4.78, 5) is 4.50. The minimum Gasteiger partial charge on any atom is -0.382 e. The summed E-state index contributed by atoms with van der Waals surface area (Å²) in [5.41, 5.74) is 9.29. The molecule has 0 aliphatic rings. The number of hydrogen-bond donors (Lipinski definition) is 2. The molecule has 0 unspecified atom stereocenters. The number of thiazole rings is 1. The van der Waals surface area contributed by atoms with E-state index in [-0.39, 0.29) is 0 Å². The van der Waals surface area contributed by atoms with Gasteiger partial charge in [-0.2, -0.15) is 15.7 Å². The van der Waals surface area contributed by atoms with E-state index in [0.717, 1.165) is 34.2 Å². The van der Waals surface area contributed by atoms with Crippen LogP contribution in [0, 0.1) is 6.92 Å². The average molecular weight is 322 g/mol. The van der Waals surface area contributed by atoms with Crippen LogP contribution < -0.4 is 11.1 Å². The second-order valence-corrected chi connectivity index (χ2v) is 6.79. The van der Waals surface area contributed by atoms with Crippen molar-refractivity contribution in [1.82, 2.24) is 9.36 Å². The summed E-state index contributed by atoms with van der Waals surface area (Å²) in [7, 11) is 0. The van der Waals surface area contributed by atoms with Crippen LogP contribution in [0.3, 0.4) is 0 Å². The molecule has 3 rings (SSSR count). The minimum atomic E-state index is 0.558. The smallest absolute Gasteiger partial charge is 0.149 e. The van der Waals surface area contributed by atoms with Crippen molar-refractivity contribution in [1.29, 1.82) is 0 Å². The molecule has 0 fully saturated rings. The summed E-state index contributed by atoms with van der Waals surface area (Å²) < 4.78 is 4.24. The lowest BCUT2D eigenvalue weighted by atomic mass is 10.2. The van der Waals surface area contributed by atoms with E-state index in [9.17, 15) is 0 Å². The summed E-state index contributed by atoms with van der Waals surface area (Å²) >= 11 is 4.73. The molecular formula is C13H14N4S3. The van der Waals surface area contributed by atoms with Gasteiger partial charge in [0, 0.05) is 17.6 Å². The zero-order valence-corrected chi connectivity index (χ0v) is 13.4. The Bertz CT molecular complexity index is 684. The van der Waals surface area contributed by atoms with Crippen LogP contribution in [0.2, 0.25) is 0 Å². The maximum Gasteiger partial charge on any atom is 0.149 e. The lowest BCUT2D eigenvalue weighted by molar-refractivity contribution is 1.03. The number of thiophene rings is 1. The normalized spacial score (nSPS) is 10.8. The van der Waals surface area contributed by atoms with Crippen LogP contribution in [0.15, 0.2) is 22.2 Å². The van der Waals surface area contributed by atoms with Gasteiger partial charge >= 0.3 is 0 Å². The molecule has 20 heavy (non-hydrogen) atoms. The van der Waals surface area contributed by atoms with Crippen LogP contribution in [0.4, 0.5) is 10.8 Å². The Kier molecular flexibility index (Phi) is 4.00. The molecule has 0 aromatic carbocycles. The van der Waals surface area contributed by atoms with Gasteiger partial charge in [0.1, 0.15) is 15.8 Å². The van der Waals surface area contributed by atoms with Crippen LogP contribution in [-0.4, -0.2) is 15.9 Å². The van der Waals surface area contributed by atoms with E-state index >= 15 is 0 Å². The number of nitrogen functional groups attached to an aromatic ring is 1. The number of nitrogens with two attached hydrogens (primary N) is 1. The Morgan fingerprint density at radius 1 is 1.35 bits per heavy atom. The Labute approximate surface area is 129 Å². The number of rotatable bonds is 5. The Hall–Kier alpha value is -1.44. The number of aryl methyl sites for hydroxylation is 1. The number of nitrogens with one attached hydrogen (secondary N) is 1. The highest BCUT2D eigenvalue weighted by Crippen LogP contribution is 2.38. The molecule has 0 aliphatic carbocycles. The second kappa shape index (κ2) is 5.90. The highest BCUT2D eigenvalue weighted by molar-refractivity contribution is 7.15.